The number of amides is 2. The van der Waals surface area contributed by atoms with Gasteiger partial charge in [-0.05, 0) is 48.8 Å². The number of carbonyl (C=O) groups excluding carboxylic acids is 2. The second-order valence-corrected chi connectivity index (χ2v) is 8.24. The summed E-state index contributed by atoms with van der Waals surface area (Å²) in [5.74, 6) is -0.907. The minimum absolute atomic E-state index is 0.0552. The van der Waals surface area contributed by atoms with Crippen LogP contribution in [-0.2, 0) is 9.53 Å². The zero-order chi connectivity index (χ0) is 22.8. The molecule has 1 atom stereocenters. The molecular weight excluding hydrogens is 466 g/mol. The van der Waals surface area contributed by atoms with Crippen LogP contribution in [0.1, 0.15) is 16.8 Å². The molecule has 0 spiro atoms. The van der Waals surface area contributed by atoms with E-state index in [1.165, 1.54) is 43.1 Å². The number of halogens is 3. The molecule has 31 heavy (non-hydrogen) atoms. The molecule has 2 aromatic rings. The van der Waals surface area contributed by atoms with Gasteiger partial charge in [0.05, 0.1) is 17.2 Å². The number of ether oxygens (including phenoxy) is 2. The molecule has 1 unspecified atom stereocenters. The highest BCUT2D eigenvalue weighted by Crippen LogP contribution is 2.23. The average molecular weight is 489 g/mol. The van der Waals surface area contributed by atoms with Crippen LogP contribution in [-0.4, -0.2) is 50.2 Å². The fourth-order valence-corrected chi connectivity index (χ4v) is 3.54. The van der Waals surface area contributed by atoms with E-state index in [0.29, 0.717) is 23.8 Å². The molecule has 10 heteroatoms. The van der Waals surface area contributed by atoms with Crippen LogP contribution in [0.3, 0.4) is 0 Å². The third-order valence-electron chi connectivity index (χ3n) is 4.15. The van der Waals surface area contributed by atoms with E-state index in [0.717, 1.165) is 6.07 Å². The van der Waals surface area contributed by atoms with Crippen LogP contribution >= 0.6 is 35.0 Å². The van der Waals surface area contributed by atoms with E-state index in [1.807, 2.05) is 6.26 Å². The fraction of sp³-hybridized carbons (Fsp3) is 0.333. The predicted octanol–water partition coefficient (Wildman–Crippen LogP) is 4.65. The molecular formula is C21H23Cl2FN2O4S. The summed E-state index contributed by atoms with van der Waals surface area (Å²) in [6.07, 6.45) is 2.27. The molecule has 0 aliphatic rings. The van der Waals surface area contributed by atoms with E-state index >= 15 is 0 Å². The molecule has 0 heterocycles. The van der Waals surface area contributed by atoms with Gasteiger partial charge in [-0.15, -0.1) is 0 Å². The summed E-state index contributed by atoms with van der Waals surface area (Å²) < 4.78 is 24.3. The van der Waals surface area contributed by atoms with Gasteiger partial charge >= 0.3 is 0 Å². The Morgan fingerprint density at radius 3 is 2.58 bits per heavy atom. The van der Waals surface area contributed by atoms with Crippen LogP contribution in [0.25, 0.3) is 0 Å². The van der Waals surface area contributed by atoms with E-state index < -0.39 is 23.7 Å². The number of carbonyl (C=O) groups is 2. The maximum atomic E-state index is 14.2. The average Bonchev–Trinajstić information content (AvgIpc) is 2.72. The molecule has 0 bridgehead atoms. The Morgan fingerprint density at radius 1 is 1.16 bits per heavy atom. The third kappa shape index (κ3) is 7.88. The first-order valence-corrected chi connectivity index (χ1v) is 11.5. The van der Waals surface area contributed by atoms with Crippen molar-refractivity contribution >= 4 is 52.5 Å². The molecule has 0 radical (unpaired) electrons. The number of hydrogen-bond acceptors (Lipinski definition) is 5. The Kier molecular flexibility index (Phi) is 10.4. The van der Waals surface area contributed by atoms with Gasteiger partial charge in [0.15, 0.2) is 11.6 Å². The molecule has 0 fully saturated rings. The molecule has 0 saturated heterocycles. The molecule has 6 nitrogen and oxygen atoms in total. The number of benzene rings is 2. The van der Waals surface area contributed by atoms with Crippen molar-refractivity contribution in [3.63, 3.8) is 0 Å². The first kappa shape index (κ1) is 25.3. The Balaban J connectivity index is 2.08. The zero-order valence-electron chi connectivity index (χ0n) is 17.0. The Hall–Kier alpha value is -2.00. The van der Waals surface area contributed by atoms with Crippen molar-refractivity contribution in [3.05, 3.63) is 57.8 Å². The summed E-state index contributed by atoms with van der Waals surface area (Å²) in [4.78, 5) is 25.4. The van der Waals surface area contributed by atoms with E-state index in [1.54, 1.807) is 6.07 Å². The molecule has 168 valence electrons. The standard InChI is InChI=1S/C21H23Cl2FN2O4S/c1-29-8-9-30-19-6-4-14(12-17(19)24)25-21(28)18(7-10-31-2)26-20(27)15-5-3-13(22)11-16(15)23/h3-6,11-12,18H,7-10H2,1-2H3,(H,25,28)(H,26,27). The van der Waals surface area contributed by atoms with Crippen molar-refractivity contribution in [2.45, 2.75) is 12.5 Å². The zero-order valence-corrected chi connectivity index (χ0v) is 19.4. The van der Waals surface area contributed by atoms with Gasteiger partial charge in [0.25, 0.3) is 5.91 Å². The highest BCUT2D eigenvalue weighted by atomic mass is 35.5. The number of methoxy groups -OCH3 is 1. The maximum Gasteiger partial charge on any atom is 0.253 e. The van der Waals surface area contributed by atoms with Crippen molar-refractivity contribution in [2.24, 2.45) is 0 Å². The SMILES string of the molecule is COCCOc1ccc(NC(=O)C(CCSC)NC(=O)c2ccc(Cl)cc2Cl)cc1F. The lowest BCUT2D eigenvalue weighted by molar-refractivity contribution is -0.118. The maximum absolute atomic E-state index is 14.2. The molecule has 2 N–H and O–H groups in total. The number of hydrogen-bond donors (Lipinski definition) is 2. The normalized spacial score (nSPS) is 11.6. The Morgan fingerprint density at radius 2 is 1.94 bits per heavy atom. The van der Waals surface area contributed by atoms with Crippen LogP contribution < -0.4 is 15.4 Å². The van der Waals surface area contributed by atoms with E-state index in [9.17, 15) is 14.0 Å². The highest BCUT2D eigenvalue weighted by molar-refractivity contribution is 7.98. The highest BCUT2D eigenvalue weighted by Gasteiger charge is 2.23. The van der Waals surface area contributed by atoms with Gasteiger partial charge in [0, 0.05) is 23.9 Å². The minimum Gasteiger partial charge on any atom is -0.488 e. The molecule has 0 aliphatic heterocycles. The Labute approximate surface area is 194 Å². The quantitative estimate of drug-likeness (QED) is 0.450. The van der Waals surface area contributed by atoms with Crippen LogP contribution in [0.5, 0.6) is 5.75 Å². The number of nitrogens with one attached hydrogen (secondary N) is 2. The monoisotopic (exact) mass is 488 g/mol. The minimum atomic E-state index is -0.840. The lowest BCUT2D eigenvalue weighted by atomic mass is 10.1. The first-order valence-electron chi connectivity index (χ1n) is 9.32. The number of thioether (sulfide) groups is 1. The van der Waals surface area contributed by atoms with Crippen molar-refractivity contribution in [3.8, 4) is 5.75 Å². The first-order chi connectivity index (χ1) is 14.8. The van der Waals surface area contributed by atoms with Gasteiger partial charge in [0.1, 0.15) is 12.6 Å². The van der Waals surface area contributed by atoms with Gasteiger partial charge in [0.2, 0.25) is 5.91 Å². The van der Waals surface area contributed by atoms with Gasteiger partial charge in [-0.25, -0.2) is 4.39 Å². The summed E-state index contributed by atoms with van der Waals surface area (Å²) in [7, 11) is 1.52. The lowest BCUT2D eigenvalue weighted by Gasteiger charge is -2.19. The van der Waals surface area contributed by atoms with Crippen LogP contribution in [0, 0.1) is 5.82 Å². The molecule has 0 aliphatic carbocycles. The van der Waals surface area contributed by atoms with Crippen molar-refractivity contribution < 1.29 is 23.5 Å². The van der Waals surface area contributed by atoms with E-state index in [2.05, 4.69) is 10.6 Å². The second kappa shape index (κ2) is 12.8. The van der Waals surface area contributed by atoms with Crippen molar-refractivity contribution in [2.75, 3.05) is 37.6 Å². The molecule has 2 aromatic carbocycles. The van der Waals surface area contributed by atoms with Gasteiger partial charge in [-0.3, -0.25) is 9.59 Å². The van der Waals surface area contributed by atoms with Gasteiger partial charge in [-0.1, -0.05) is 23.2 Å². The van der Waals surface area contributed by atoms with Crippen LogP contribution in [0.15, 0.2) is 36.4 Å². The van der Waals surface area contributed by atoms with Gasteiger partial charge < -0.3 is 20.1 Å². The topological polar surface area (TPSA) is 76.7 Å². The van der Waals surface area contributed by atoms with E-state index in [-0.39, 0.29) is 28.6 Å². The third-order valence-corrected chi connectivity index (χ3v) is 5.34. The van der Waals surface area contributed by atoms with E-state index in [4.69, 9.17) is 32.7 Å². The van der Waals surface area contributed by atoms with Crippen molar-refractivity contribution in [1.29, 1.82) is 0 Å². The summed E-state index contributed by atoms with van der Waals surface area (Å²) in [5.41, 5.74) is 0.450. The van der Waals surface area contributed by atoms with Gasteiger partial charge in [-0.2, -0.15) is 11.8 Å². The predicted molar refractivity (Wildman–Crippen MR) is 123 cm³/mol. The molecule has 0 saturated carbocycles. The number of anilines is 1. The van der Waals surface area contributed by atoms with Crippen LogP contribution in [0.4, 0.5) is 10.1 Å². The lowest BCUT2D eigenvalue weighted by Crippen LogP contribution is -2.44. The molecule has 0 aromatic heterocycles. The molecule has 2 rings (SSSR count). The molecule has 2 amide bonds. The largest absolute Gasteiger partial charge is 0.488 e. The van der Waals surface area contributed by atoms with Crippen molar-refractivity contribution in [1.82, 2.24) is 5.32 Å². The smallest absolute Gasteiger partial charge is 0.253 e. The second-order valence-electron chi connectivity index (χ2n) is 6.41. The Bertz CT molecular complexity index is 917. The summed E-state index contributed by atoms with van der Waals surface area (Å²) in [5, 5.41) is 5.89. The van der Waals surface area contributed by atoms with Crippen LogP contribution in [0.2, 0.25) is 10.0 Å². The summed E-state index contributed by atoms with van der Waals surface area (Å²) >= 11 is 13.5. The summed E-state index contributed by atoms with van der Waals surface area (Å²) in [6, 6.07) is 7.74. The summed E-state index contributed by atoms with van der Waals surface area (Å²) in [6.45, 7) is 0.529. The fourth-order valence-electron chi connectivity index (χ4n) is 2.57. The number of rotatable bonds is 11.